The number of hydrogen-bond acceptors (Lipinski definition) is 10. The first-order chi connectivity index (χ1) is 18.5. The molecule has 0 aliphatic heterocycles. The minimum atomic E-state index is -2.99. The average Bonchev–Trinajstić information content (AvgIpc) is 3.62. The van der Waals surface area contributed by atoms with E-state index in [1.54, 1.807) is 65.3 Å². The molecule has 0 unspecified atom stereocenters. The van der Waals surface area contributed by atoms with Crippen LogP contribution in [0.4, 0.5) is 0 Å². The molecular formula is C26H28N2O6S2Si2. The number of rotatable bonds is 10. The van der Waals surface area contributed by atoms with Gasteiger partial charge >= 0.3 is 17.6 Å². The molecule has 8 nitrogen and oxygen atoms in total. The van der Waals surface area contributed by atoms with Crippen molar-refractivity contribution in [2.45, 2.75) is 0 Å². The number of aromatic nitrogens is 2. The number of hydrogen-bond donors (Lipinski definition) is 0. The molecule has 38 heavy (non-hydrogen) atoms. The Morgan fingerprint density at radius 3 is 1.24 bits per heavy atom. The second-order valence-corrected chi connectivity index (χ2v) is 15.7. The number of thiazole rings is 2. The van der Waals surface area contributed by atoms with Gasteiger partial charge in [-0.15, -0.1) is 22.7 Å². The summed E-state index contributed by atoms with van der Waals surface area (Å²) in [7, 11) is 3.64. The predicted octanol–water partition coefficient (Wildman–Crippen LogP) is 6.07. The third kappa shape index (κ3) is 4.66. The highest BCUT2D eigenvalue weighted by atomic mass is 32.1. The van der Waals surface area contributed by atoms with Gasteiger partial charge in [-0.2, -0.15) is 0 Å². The van der Waals surface area contributed by atoms with Gasteiger partial charge in [-0.3, -0.25) is 0 Å². The van der Waals surface area contributed by atoms with Crippen LogP contribution in [0.5, 0.6) is 0 Å². The average molecular weight is 585 g/mol. The monoisotopic (exact) mass is 584 g/mol. The maximum Gasteiger partial charge on any atom is 0.528 e. The molecule has 0 spiro atoms. The molecule has 12 heteroatoms. The third-order valence-electron chi connectivity index (χ3n) is 6.72. The molecule has 0 amide bonds. The van der Waals surface area contributed by atoms with Gasteiger partial charge in [-0.05, 0) is 68.3 Å². The first kappa shape index (κ1) is 27.2. The quantitative estimate of drug-likeness (QED) is 0.144. The first-order valence-electron chi connectivity index (χ1n) is 11.6. The highest BCUT2D eigenvalue weighted by Gasteiger charge is 2.35. The Bertz CT molecular complexity index is 1450. The summed E-state index contributed by atoms with van der Waals surface area (Å²) in [6.07, 6.45) is 4.09. The van der Waals surface area contributed by atoms with Crippen molar-refractivity contribution in [1.29, 1.82) is 0 Å². The summed E-state index contributed by atoms with van der Waals surface area (Å²) < 4.78 is 36.2. The first-order valence-corrected chi connectivity index (χ1v) is 17.0. The van der Waals surface area contributed by atoms with E-state index in [2.05, 4.69) is 34.2 Å². The van der Waals surface area contributed by atoms with Gasteiger partial charge in [-0.25, -0.2) is 9.97 Å². The van der Waals surface area contributed by atoms with Gasteiger partial charge in [0.05, 0.1) is 31.5 Å². The van der Waals surface area contributed by atoms with E-state index in [1.165, 1.54) is 0 Å². The lowest BCUT2D eigenvalue weighted by Gasteiger charge is -2.21. The second-order valence-electron chi connectivity index (χ2n) is 8.36. The van der Waals surface area contributed by atoms with Crippen LogP contribution in [0.2, 0.25) is 0 Å². The number of nitrogens with zero attached hydrogens (tertiary/aromatic N) is 2. The largest absolute Gasteiger partial charge is 0.528 e. The fraction of sp³-hybridized carbons (Fsp3) is 0.231. The SMILES string of the molecule is CO[Si](C=Cc1c2cc3ncsc3cc2c(C=C[Si](OC)(OC)OC)c2cc3ncsc3cc12)(OC)OC. The lowest BCUT2D eigenvalue weighted by Crippen LogP contribution is -2.40. The molecule has 3 aromatic carbocycles. The summed E-state index contributed by atoms with van der Waals surface area (Å²) in [5.41, 5.74) is 11.5. The van der Waals surface area contributed by atoms with Crippen molar-refractivity contribution in [2.75, 3.05) is 42.7 Å². The lowest BCUT2D eigenvalue weighted by atomic mass is 9.91. The summed E-state index contributed by atoms with van der Waals surface area (Å²) >= 11 is 3.22. The Labute approximate surface area is 230 Å². The van der Waals surface area contributed by atoms with Gasteiger partial charge in [-0.1, -0.05) is 12.2 Å². The summed E-state index contributed by atoms with van der Waals surface area (Å²) in [5.74, 6) is 0. The molecule has 2 aromatic heterocycles. The van der Waals surface area contributed by atoms with Crippen molar-refractivity contribution in [1.82, 2.24) is 9.97 Å². The maximum absolute atomic E-state index is 5.68. The molecule has 0 fully saturated rings. The van der Waals surface area contributed by atoms with Crippen molar-refractivity contribution in [3.63, 3.8) is 0 Å². The van der Waals surface area contributed by atoms with Crippen LogP contribution in [0.1, 0.15) is 11.1 Å². The van der Waals surface area contributed by atoms with E-state index in [-0.39, 0.29) is 0 Å². The molecular weight excluding hydrogens is 557 g/mol. The lowest BCUT2D eigenvalue weighted by molar-refractivity contribution is 0.138. The van der Waals surface area contributed by atoms with Crippen LogP contribution < -0.4 is 0 Å². The van der Waals surface area contributed by atoms with Crippen LogP contribution in [0.15, 0.2) is 46.7 Å². The van der Waals surface area contributed by atoms with Gasteiger partial charge in [0.1, 0.15) is 0 Å². The minimum Gasteiger partial charge on any atom is -0.374 e. The van der Waals surface area contributed by atoms with Crippen molar-refractivity contribution >= 4 is 94.4 Å². The van der Waals surface area contributed by atoms with Crippen LogP contribution in [0, 0.1) is 0 Å². The van der Waals surface area contributed by atoms with E-state index in [1.807, 2.05) is 34.6 Å². The van der Waals surface area contributed by atoms with Crippen molar-refractivity contribution < 1.29 is 26.6 Å². The van der Waals surface area contributed by atoms with E-state index in [4.69, 9.17) is 26.6 Å². The van der Waals surface area contributed by atoms with Crippen molar-refractivity contribution in [2.24, 2.45) is 0 Å². The normalized spacial score (nSPS) is 13.4. The maximum atomic E-state index is 5.68. The van der Waals surface area contributed by atoms with Crippen LogP contribution in [-0.2, 0) is 26.6 Å². The molecule has 5 aromatic rings. The number of benzene rings is 3. The molecule has 198 valence electrons. The topological polar surface area (TPSA) is 81.2 Å². The van der Waals surface area contributed by atoms with Crippen molar-refractivity contribution in [3.05, 3.63) is 57.8 Å². The molecule has 0 aliphatic carbocycles. The third-order valence-corrected chi connectivity index (χ3v) is 12.9. The zero-order valence-electron chi connectivity index (χ0n) is 21.9. The molecule has 2 heterocycles. The summed E-state index contributed by atoms with van der Waals surface area (Å²) in [6, 6.07) is 8.65. The van der Waals surface area contributed by atoms with Crippen LogP contribution in [-0.4, -0.2) is 70.2 Å². The Balaban J connectivity index is 1.91. The summed E-state index contributed by atoms with van der Waals surface area (Å²) in [4.78, 5) is 9.19. The fourth-order valence-corrected chi connectivity index (χ4v) is 8.58. The summed E-state index contributed by atoms with van der Waals surface area (Å²) in [5, 5.41) is 4.21. The molecule has 0 N–H and O–H groups in total. The molecule has 0 saturated heterocycles. The highest BCUT2D eigenvalue weighted by molar-refractivity contribution is 7.17. The van der Waals surface area contributed by atoms with Crippen molar-refractivity contribution in [3.8, 4) is 0 Å². The van der Waals surface area contributed by atoms with E-state index >= 15 is 0 Å². The Morgan fingerprint density at radius 1 is 0.553 bits per heavy atom. The van der Waals surface area contributed by atoms with E-state index < -0.39 is 17.6 Å². The molecule has 0 atom stereocenters. The van der Waals surface area contributed by atoms with Gasteiger partial charge in [0.2, 0.25) is 0 Å². The molecule has 0 radical (unpaired) electrons. The van der Waals surface area contributed by atoms with Crippen LogP contribution in [0.3, 0.4) is 0 Å². The van der Waals surface area contributed by atoms with E-state index in [9.17, 15) is 0 Å². The smallest absolute Gasteiger partial charge is 0.374 e. The van der Waals surface area contributed by atoms with Gasteiger partial charge in [0, 0.05) is 42.7 Å². The van der Waals surface area contributed by atoms with Gasteiger partial charge in [0.15, 0.2) is 0 Å². The standard InChI is InChI=1S/C26H28N2O6S2Si2/c1-29-37(30-2,31-3)9-7-17-19-11-23-26(36-15-27-23)14-22(19)18(8-10-38(32-4,33-5)34-6)20-12-24-25(13-21(17)20)35-16-28-24/h7-16H,1-6H3. The van der Waals surface area contributed by atoms with Gasteiger partial charge < -0.3 is 26.6 Å². The molecule has 5 rings (SSSR count). The molecule has 0 bridgehead atoms. The van der Waals surface area contributed by atoms with E-state index in [0.29, 0.717) is 0 Å². The zero-order valence-corrected chi connectivity index (χ0v) is 25.6. The number of fused-ring (bicyclic) bond motifs is 4. The van der Waals surface area contributed by atoms with Crippen LogP contribution in [0.25, 0.3) is 54.1 Å². The predicted molar refractivity (Wildman–Crippen MR) is 159 cm³/mol. The fourth-order valence-electron chi connectivity index (χ4n) is 4.63. The van der Waals surface area contributed by atoms with Crippen LogP contribution >= 0.6 is 22.7 Å². The Morgan fingerprint density at radius 2 is 0.895 bits per heavy atom. The minimum absolute atomic E-state index is 0.938. The highest BCUT2D eigenvalue weighted by Crippen LogP contribution is 2.40. The van der Waals surface area contributed by atoms with Gasteiger partial charge in [0.25, 0.3) is 0 Å². The second kappa shape index (κ2) is 11.0. The Kier molecular flexibility index (Phi) is 7.89. The molecule has 0 saturated carbocycles. The Hall–Kier alpha value is -2.37. The summed E-state index contributed by atoms with van der Waals surface area (Å²) in [6.45, 7) is 0. The molecule has 0 aliphatic rings. The zero-order chi connectivity index (χ0) is 26.9. The van der Waals surface area contributed by atoms with E-state index in [0.717, 1.165) is 53.1 Å².